The number of aryl methyl sites for hydroxylation is 2. The Morgan fingerprint density at radius 1 is 1.14 bits per heavy atom. The van der Waals surface area contributed by atoms with Gasteiger partial charge in [0.1, 0.15) is 22.0 Å². The largest absolute Gasteiger partial charge is 0.478 e. The normalized spacial score (nSPS) is 13.5. The average molecular weight is 319 g/mol. The van der Waals surface area contributed by atoms with E-state index in [9.17, 15) is 23.4 Å². The molecule has 8 heteroatoms. The standard InChI is InChI=1S/C13H21NO6S/c1-7-9(11(15)16)10(8(2)20-7)21(18,19)14-12(3,4)13(5,6)17/h14,17H,1-6H3,(H,15,16). The van der Waals surface area contributed by atoms with E-state index in [1.54, 1.807) is 0 Å². The van der Waals surface area contributed by atoms with Gasteiger partial charge in [0.15, 0.2) is 0 Å². The summed E-state index contributed by atoms with van der Waals surface area (Å²) in [6.45, 7) is 8.70. The minimum Gasteiger partial charge on any atom is -0.478 e. The Morgan fingerprint density at radius 2 is 1.62 bits per heavy atom. The maximum Gasteiger partial charge on any atom is 0.340 e. The monoisotopic (exact) mass is 319 g/mol. The van der Waals surface area contributed by atoms with Crippen LogP contribution in [0.1, 0.15) is 49.6 Å². The van der Waals surface area contributed by atoms with Gasteiger partial charge in [0.25, 0.3) is 0 Å². The highest BCUT2D eigenvalue weighted by molar-refractivity contribution is 7.89. The highest BCUT2D eigenvalue weighted by Gasteiger charge is 2.41. The number of carboxylic acids is 1. The predicted molar refractivity (Wildman–Crippen MR) is 75.8 cm³/mol. The van der Waals surface area contributed by atoms with Gasteiger partial charge in [0, 0.05) is 0 Å². The summed E-state index contributed by atoms with van der Waals surface area (Å²) in [5, 5.41) is 19.2. The van der Waals surface area contributed by atoms with E-state index in [1.165, 1.54) is 41.5 Å². The molecule has 1 rings (SSSR count). The summed E-state index contributed by atoms with van der Waals surface area (Å²) < 4.78 is 32.5. The first kappa shape index (κ1) is 17.7. The molecule has 1 aromatic heterocycles. The van der Waals surface area contributed by atoms with Gasteiger partial charge < -0.3 is 14.6 Å². The van der Waals surface area contributed by atoms with E-state index in [2.05, 4.69) is 4.72 Å². The Labute approximate surface area is 124 Å². The predicted octanol–water partition coefficient (Wildman–Crippen LogP) is 1.42. The molecule has 21 heavy (non-hydrogen) atoms. The van der Waals surface area contributed by atoms with Crippen molar-refractivity contribution in [1.29, 1.82) is 0 Å². The fourth-order valence-electron chi connectivity index (χ4n) is 1.75. The molecule has 0 bridgehead atoms. The molecule has 0 unspecified atom stereocenters. The van der Waals surface area contributed by atoms with Gasteiger partial charge >= 0.3 is 5.97 Å². The number of carboxylic acid groups (broad SMARTS) is 1. The van der Waals surface area contributed by atoms with Crippen molar-refractivity contribution in [1.82, 2.24) is 4.72 Å². The van der Waals surface area contributed by atoms with Crippen LogP contribution in [0, 0.1) is 13.8 Å². The van der Waals surface area contributed by atoms with Crippen molar-refractivity contribution >= 4 is 16.0 Å². The van der Waals surface area contributed by atoms with Crippen LogP contribution in [0.2, 0.25) is 0 Å². The number of sulfonamides is 1. The van der Waals surface area contributed by atoms with Crippen molar-refractivity contribution in [2.75, 3.05) is 0 Å². The van der Waals surface area contributed by atoms with E-state index in [-0.39, 0.29) is 11.5 Å². The molecule has 0 radical (unpaired) electrons. The second-order valence-electron chi connectivity index (χ2n) is 6.01. The van der Waals surface area contributed by atoms with Crippen molar-refractivity contribution in [3.63, 3.8) is 0 Å². The molecular formula is C13H21NO6S. The Balaban J connectivity index is 3.44. The molecule has 3 N–H and O–H groups in total. The topological polar surface area (TPSA) is 117 Å². The van der Waals surface area contributed by atoms with Crippen LogP contribution in [0.4, 0.5) is 0 Å². The Hall–Kier alpha value is -1.38. The maximum atomic E-state index is 12.5. The number of aromatic carboxylic acids is 1. The summed E-state index contributed by atoms with van der Waals surface area (Å²) in [4.78, 5) is 10.9. The smallest absolute Gasteiger partial charge is 0.340 e. The number of nitrogens with one attached hydrogen (secondary N) is 1. The van der Waals surface area contributed by atoms with Crippen LogP contribution in [0.3, 0.4) is 0 Å². The van der Waals surface area contributed by atoms with E-state index in [1.807, 2.05) is 0 Å². The molecule has 0 fully saturated rings. The minimum atomic E-state index is -4.17. The summed E-state index contributed by atoms with van der Waals surface area (Å²) >= 11 is 0. The van der Waals surface area contributed by atoms with Crippen molar-refractivity contribution in [2.24, 2.45) is 0 Å². The van der Waals surface area contributed by atoms with Crippen LogP contribution in [0.25, 0.3) is 0 Å². The number of hydrogen-bond acceptors (Lipinski definition) is 5. The number of hydrogen-bond donors (Lipinski definition) is 3. The summed E-state index contributed by atoms with van der Waals surface area (Å²) in [6.07, 6.45) is 0. The molecule has 0 atom stereocenters. The summed E-state index contributed by atoms with van der Waals surface area (Å²) in [7, 11) is -4.17. The molecule has 0 spiro atoms. The molecule has 0 aliphatic carbocycles. The second-order valence-corrected chi connectivity index (χ2v) is 7.63. The van der Waals surface area contributed by atoms with E-state index in [0.29, 0.717) is 0 Å². The molecule has 0 amide bonds. The molecule has 0 aromatic carbocycles. The van der Waals surface area contributed by atoms with Crippen LogP contribution < -0.4 is 4.72 Å². The van der Waals surface area contributed by atoms with E-state index >= 15 is 0 Å². The molecule has 1 aromatic rings. The molecule has 7 nitrogen and oxygen atoms in total. The lowest BCUT2D eigenvalue weighted by atomic mass is 9.87. The SMILES string of the molecule is Cc1oc(C)c(S(=O)(=O)NC(C)(C)C(C)(C)O)c1C(=O)O. The minimum absolute atomic E-state index is 0.0102. The van der Waals surface area contributed by atoms with E-state index in [0.717, 1.165) is 0 Å². The summed E-state index contributed by atoms with van der Waals surface area (Å²) in [5.74, 6) is -1.38. The molecule has 1 heterocycles. The Kier molecular flexibility index (Phi) is 4.30. The zero-order valence-corrected chi connectivity index (χ0v) is 13.8. The van der Waals surface area contributed by atoms with Crippen molar-refractivity contribution in [3.8, 4) is 0 Å². The Morgan fingerprint density at radius 3 is 2.00 bits per heavy atom. The van der Waals surface area contributed by atoms with Gasteiger partial charge in [-0.2, -0.15) is 0 Å². The third-order valence-corrected chi connectivity index (χ3v) is 5.41. The first-order valence-corrected chi connectivity index (χ1v) is 7.78. The molecule has 0 saturated heterocycles. The third-order valence-electron chi connectivity index (χ3n) is 3.61. The number of aliphatic hydroxyl groups is 1. The van der Waals surface area contributed by atoms with Gasteiger partial charge in [-0.25, -0.2) is 17.9 Å². The number of carbonyl (C=O) groups is 1. The van der Waals surface area contributed by atoms with Gasteiger partial charge in [0.2, 0.25) is 10.0 Å². The van der Waals surface area contributed by atoms with E-state index < -0.39 is 37.6 Å². The van der Waals surface area contributed by atoms with Crippen LogP contribution in [-0.4, -0.2) is 35.7 Å². The second kappa shape index (κ2) is 5.11. The number of rotatable bonds is 5. The van der Waals surface area contributed by atoms with Crippen LogP contribution >= 0.6 is 0 Å². The fraction of sp³-hybridized carbons (Fsp3) is 0.615. The van der Waals surface area contributed by atoms with Gasteiger partial charge in [-0.3, -0.25) is 0 Å². The van der Waals surface area contributed by atoms with Crippen molar-refractivity contribution in [3.05, 3.63) is 17.1 Å². The summed E-state index contributed by atoms with van der Waals surface area (Å²) in [5.41, 5.74) is -2.96. The lowest BCUT2D eigenvalue weighted by Crippen LogP contribution is -2.57. The van der Waals surface area contributed by atoms with Crippen molar-refractivity contribution in [2.45, 2.75) is 57.6 Å². The fourth-order valence-corrected chi connectivity index (χ4v) is 3.69. The lowest BCUT2D eigenvalue weighted by molar-refractivity contribution is 0.00637. The van der Waals surface area contributed by atoms with Gasteiger partial charge in [-0.05, 0) is 41.5 Å². The third kappa shape index (κ3) is 3.28. The highest BCUT2D eigenvalue weighted by atomic mass is 32.2. The first-order valence-electron chi connectivity index (χ1n) is 6.30. The van der Waals surface area contributed by atoms with Crippen LogP contribution in [-0.2, 0) is 10.0 Å². The van der Waals surface area contributed by atoms with E-state index in [4.69, 9.17) is 4.42 Å². The molecule has 0 aliphatic rings. The van der Waals surface area contributed by atoms with Crippen LogP contribution in [0.5, 0.6) is 0 Å². The zero-order valence-electron chi connectivity index (χ0n) is 12.9. The lowest BCUT2D eigenvalue weighted by Gasteiger charge is -2.37. The first-order chi connectivity index (χ1) is 9.21. The molecule has 0 aliphatic heterocycles. The zero-order chi connectivity index (χ0) is 16.8. The van der Waals surface area contributed by atoms with Crippen LogP contribution in [0.15, 0.2) is 9.31 Å². The quantitative estimate of drug-likeness (QED) is 0.755. The Bertz CT molecular complexity index is 664. The summed E-state index contributed by atoms with van der Waals surface area (Å²) in [6, 6.07) is 0. The van der Waals surface area contributed by atoms with Crippen molar-refractivity contribution < 1.29 is 27.8 Å². The highest BCUT2D eigenvalue weighted by Crippen LogP contribution is 2.29. The maximum absolute atomic E-state index is 12.5. The van der Waals surface area contributed by atoms with Gasteiger partial charge in [-0.1, -0.05) is 0 Å². The van der Waals surface area contributed by atoms with Gasteiger partial charge in [-0.15, -0.1) is 0 Å². The molecular weight excluding hydrogens is 298 g/mol. The molecule has 0 saturated carbocycles. The number of furan rings is 1. The average Bonchev–Trinajstić information content (AvgIpc) is 2.50. The van der Waals surface area contributed by atoms with Gasteiger partial charge in [0.05, 0.1) is 11.1 Å². The molecule has 120 valence electrons.